The second-order valence-electron chi connectivity index (χ2n) is 5.39. The summed E-state index contributed by atoms with van der Waals surface area (Å²) in [7, 11) is 1.45. The first-order valence-corrected chi connectivity index (χ1v) is 8.20. The molecular formula is C19H18ClNO5. The maximum Gasteiger partial charge on any atom is 0.326 e. The lowest BCUT2D eigenvalue weighted by molar-refractivity contribution is -0.145. The molecular weight excluding hydrogens is 358 g/mol. The molecule has 0 spiro atoms. The van der Waals surface area contributed by atoms with E-state index in [0.717, 1.165) is 0 Å². The van der Waals surface area contributed by atoms with Gasteiger partial charge in [0, 0.05) is 10.6 Å². The lowest BCUT2D eigenvalue weighted by atomic mass is 10.1. The Kier molecular flexibility index (Phi) is 6.74. The van der Waals surface area contributed by atoms with Gasteiger partial charge in [-0.3, -0.25) is 14.4 Å². The van der Waals surface area contributed by atoms with Gasteiger partial charge >= 0.3 is 5.97 Å². The number of para-hydroxylation sites is 1. The van der Waals surface area contributed by atoms with Gasteiger partial charge in [0.15, 0.2) is 6.10 Å². The molecule has 136 valence electrons. The maximum absolute atomic E-state index is 12.2. The molecule has 0 aliphatic rings. The Morgan fingerprint density at radius 2 is 1.73 bits per heavy atom. The minimum atomic E-state index is -0.980. The maximum atomic E-state index is 12.2. The van der Waals surface area contributed by atoms with Gasteiger partial charge in [-0.15, -0.1) is 0 Å². The standard InChI is InChI=1S/C19H18ClNO5/c1-12(18(23)13-7-9-14(20)10-8-13)26-17(22)11-21-19(24)15-5-3-4-6-16(15)25-2/h3-10,12H,11H2,1-2H3,(H,21,24)/t12-/m1/s1. The number of hydrogen-bond acceptors (Lipinski definition) is 5. The van der Waals surface area contributed by atoms with Crippen molar-refractivity contribution < 1.29 is 23.9 Å². The van der Waals surface area contributed by atoms with Crippen molar-refractivity contribution in [1.82, 2.24) is 5.32 Å². The number of benzene rings is 2. The van der Waals surface area contributed by atoms with Gasteiger partial charge in [-0.05, 0) is 43.3 Å². The molecule has 2 aromatic rings. The highest BCUT2D eigenvalue weighted by molar-refractivity contribution is 6.30. The number of carbonyl (C=O) groups excluding carboxylic acids is 3. The molecule has 1 amide bonds. The summed E-state index contributed by atoms with van der Waals surface area (Å²) in [6.45, 7) is 1.10. The molecule has 0 aliphatic carbocycles. The minimum absolute atomic E-state index is 0.299. The zero-order valence-corrected chi connectivity index (χ0v) is 15.1. The number of ketones is 1. The first-order chi connectivity index (χ1) is 12.4. The van der Waals surface area contributed by atoms with E-state index in [-0.39, 0.29) is 12.3 Å². The van der Waals surface area contributed by atoms with E-state index in [9.17, 15) is 14.4 Å². The summed E-state index contributed by atoms with van der Waals surface area (Å²) < 4.78 is 10.2. The van der Waals surface area contributed by atoms with Crippen molar-refractivity contribution in [2.45, 2.75) is 13.0 Å². The number of rotatable bonds is 7. The van der Waals surface area contributed by atoms with Crippen molar-refractivity contribution in [1.29, 1.82) is 0 Å². The molecule has 6 nitrogen and oxygen atoms in total. The molecule has 0 saturated heterocycles. The summed E-state index contributed by atoms with van der Waals surface area (Å²) >= 11 is 5.78. The van der Waals surface area contributed by atoms with Crippen LogP contribution in [0.1, 0.15) is 27.6 Å². The van der Waals surface area contributed by atoms with Crippen molar-refractivity contribution >= 4 is 29.3 Å². The summed E-state index contributed by atoms with van der Waals surface area (Å²) in [4.78, 5) is 36.2. The van der Waals surface area contributed by atoms with E-state index in [0.29, 0.717) is 21.9 Å². The van der Waals surface area contributed by atoms with Crippen LogP contribution in [-0.2, 0) is 9.53 Å². The van der Waals surface area contributed by atoms with E-state index in [1.165, 1.54) is 14.0 Å². The van der Waals surface area contributed by atoms with E-state index in [1.807, 2.05) is 0 Å². The largest absolute Gasteiger partial charge is 0.496 e. The smallest absolute Gasteiger partial charge is 0.326 e. The molecule has 26 heavy (non-hydrogen) atoms. The van der Waals surface area contributed by atoms with Crippen LogP contribution in [0.2, 0.25) is 5.02 Å². The molecule has 1 atom stereocenters. The van der Waals surface area contributed by atoms with Crippen LogP contribution in [-0.4, -0.2) is 37.4 Å². The molecule has 0 aromatic heterocycles. The van der Waals surface area contributed by atoms with E-state index >= 15 is 0 Å². The second-order valence-corrected chi connectivity index (χ2v) is 5.82. The zero-order chi connectivity index (χ0) is 19.1. The molecule has 0 radical (unpaired) electrons. The number of halogens is 1. The number of ether oxygens (including phenoxy) is 2. The van der Waals surface area contributed by atoms with Gasteiger partial charge in [-0.25, -0.2) is 0 Å². The highest BCUT2D eigenvalue weighted by Crippen LogP contribution is 2.16. The predicted molar refractivity (Wildman–Crippen MR) is 96.7 cm³/mol. The average molecular weight is 376 g/mol. The second kappa shape index (κ2) is 9.01. The third-order valence-electron chi connectivity index (χ3n) is 3.55. The molecule has 0 fully saturated rings. The van der Waals surface area contributed by atoms with Crippen LogP contribution in [0.3, 0.4) is 0 Å². The number of esters is 1. The number of methoxy groups -OCH3 is 1. The third kappa shape index (κ3) is 5.07. The van der Waals surface area contributed by atoms with E-state index in [4.69, 9.17) is 21.1 Å². The van der Waals surface area contributed by atoms with E-state index in [2.05, 4.69) is 5.32 Å². The Labute approximate surface area is 156 Å². The van der Waals surface area contributed by atoms with Gasteiger partial charge in [0.2, 0.25) is 5.78 Å². The van der Waals surface area contributed by atoms with Crippen LogP contribution < -0.4 is 10.1 Å². The summed E-state index contributed by atoms with van der Waals surface area (Å²) in [6, 6.07) is 12.9. The van der Waals surface area contributed by atoms with Gasteiger partial charge in [0.05, 0.1) is 12.7 Å². The molecule has 7 heteroatoms. The normalized spacial score (nSPS) is 11.3. The Morgan fingerprint density at radius 3 is 2.38 bits per heavy atom. The lowest BCUT2D eigenvalue weighted by Crippen LogP contribution is -2.34. The number of nitrogens with one attached hydrogen (secondary N) is 1. The van der Waals surface area contributed by atoms with Crippen molar-refractivity contribution in [2.75, 3.05) is 13.7 Å². The highest BCUT2D eigenvalue weighted by atomic mass is 35.5. The number of Topliss-reactive ketones (excluding diaryl/α,β-unsaturated/α-hetero) is 1. The fraction of sp³-hybridized carbons (Fsp3) is 0.211. The fourth-order valence-corrected chi connectivity index (χ4v) is 2.35. The van der Waals surface area contributed by atoms with Gasteiger partial charge in [-0.1, -0.05) is 23.7 Å². The SMILES string of the molecule is COc1ccccc1C(=O)NCC(=O)O[C@H](C)C(=O)c1ccc(Cl)cc1. The van der Waals surface area contributed by atoms with Crippen molar-refractivity contribution in [3.05, 3.63) is 64.7 Å². The number of carbonyl (C=O) groups is 3. The van der Waals surface area contributed by atoms with Gasteiger partial charge in [-0.2, -0.15) is 0 Å². The molecule has 0 unspecified atom stereocenters. The van der Waals surface area contributed by atoms with Gasteiger partial charge in [0.1, 0.15) is 12.3 Å². The van der Waals surface area contributed by atoms with Crippen LogP contribution in [0.15, 0.2) is 48.5 Å². The predicted octanol–water partition coefficient (Wildman–Crippen LogP) is 2.89. The van der Waals surface area contributed by atoms with Crippen LogP contribution in [0, 0.1) is 0 Å². The summed E-state index contributed by atoms with van der Waals surface area (Å²) in [5, 5.41) is 2.95. The van der Waals surface area contributed by atoms with Crippen LogP contribution in [0.4, 0.5) is 0 Å². The molecule has 0 saturated carbocycles. The highest BCUT2D eigenvalue weighted by Gasteiger charge is 2.20. The van der Waals surface area contributed by atoms with Crippen molar-refractivity contribution in [2.24, 2.45) is 0 Å². The van der Waals surface area contributed by atoms with Crippen LogP contribution in [0.5, 0.6) is 5.75 Å². The van der Waals surface area contributed by atoms with Crippen LogP contribution in [0.25, 0.3) is 0 Å². The number of amides is 1. The molecule has 2 aromatic carbocycles. The van der Waals surface area contributed by atoms with E-state index < -0.39 is 18.0 Å². The quantitative estimate of drug-likeness (QED) is 0.594. The Balaban J connectivity index is 1.89. The Hall–Kier alpha value is -2.86. The van der Waals surface area contributed by atoms with Crippen molar-refractivity contribution in [3.8, 4) is 5.75 Å². The monoisotopic (exact) mass is 375 g/mol. The van der Waals surface area contributed by atoms with E-state index in [1.54, 1.807) is 48.5 Å². The third-order valence-corrected chi connectivity index (χ3v) is 3.80. The van der Waals surface area contributed by atoms with Crippen LogP contribution >= 0.6 is 11.6 Å². The summed E-state index contributed by atoms with van der Waals surface area (Å²) in [5.74, 6) is -1.16. The average Bonchev–Trinajstić information content (AvgIpc) is 2.66. The summed E-state index contributed by atoms with van der Waals surface area (Å²) in [5.41, 5.74) is 0.681. The minimum Gasteiger partial charge on any atom is -0.496 e. The molecule has 1 N–H and O–H groups in total. The zero-order valence-electron chi connectivity index (χ0n) is 14.3. The van der Waals surface area contributed by atoms with Crippen molar-refractivity contribution in [3.63, 3.8) is 0 Å². The lowest BCUT2D eigenvalue weighted by Gasteiger charge is -2.13. The fourth-order valence-electron chi connectivity index (χ4n) is 2.22. The summed E-state index contributed by atoms with van der Waals surface area (Å²) in [6.07, 6.45) is -0.980. The first-order valence-electron chi connectivity index (χ1n) is 7.83. The van der Waals surface area contributed by atoms with Gasteiger partial charge in [0.25, 0.3) is 5.91 Å². The Morgan fingerprint density at radius 1 is 1.08 bits per heavy atom. The molecule has 0 bridgehead atoms. The Bertz CT molecular complexity index is 804. The molecule has 2 rings (SSSR count). The topological polar surface area (TPSA) is 81.7 Å². The number of hydrogen-bond donors (Lipinski definition) is 1. The molecule has 0 aliphatic heterocycles. The first kappa shape index (κ1) is 19.5. The van der Waals surface area contributed by atoms with Gasteiger partial charge < -0.3 is 14.8 Å². The molecule has 0 heterocycles.